The van der Waals surface area contributed by atoms with Crippen molar-refractivity contribution in [1.82, 2.24) is 0 Å². The number of ether oxygens (including phenoxy) is 1. The van der Waals surface area contributed by atoms with Gasteiger partial charge in [-0.05, 0) is 36.1 Å². The van der Waals surface area contributed by atoms with Crippen molar-refractivity contribution in [2.75, 3.05) is 13.7 Å². The molecule has 15 heavy (non-hydrogen) atoms. The van der Waals surface area contributed by atoms with Crippen molar-refractivity contribution < 1.29 is 4.74 Å². The standard InChI is InChI=1S/C12H18BrNO/c1-9(6-7-14)12-10(8-15-2)4-3-5-11(12)13/h3-5,9H,6-8,14H2,1-2H3. The van der Waals surface area contributed by atoms with E-state index in [-0.39, 0.29) is 0 Å². The summed E-state index contributed by atoms with van der Waals surface area (Å²) in [7, 11) is 1.72. The zero-order chi connectivity index (χ0) is 11.3. The molecular weight excluding hydrogens is 254 g/mol. The molecule has 0 fully saturated rings. The molecule has 0 saturated heterocycles. The van der Waals surface area contributed by atoms with E-state index in [9.17, 15) is 0 Å². The highest BCUT2D eigenvalue weighted by molar-refractivity contribution is 9.10. The van der Waals surface area contributed by atoms with Gasteiger partial charge in [0, 0.05) is 11.6 Å². The summed E-state index contributed by atoms with van der Waals surface area (Å²) in [5.74, 6) is 0.468. The van der Waals surface area contributed by atoms with Crippen LogP contribution >= 0.6 is 15.9 Å². The highest BCUT2D eigenvalue weighted by Crippen LogP contribution is 2.30. The van der Waals surface area contributed by atoms with Crippen LogP contribution in [0.1, 0.15) is 30.4 Å². The molecule has 1 atom stereocenters. The third-order valence-corrected chi connectivity index (χ3v) is 3.23. The molecule has 0 aliphatic rings. The van der Waals surface area contributed by atoms with E-state index < -0.39 is 0 Å². The molecular formula is C12H18BrNO. The summed E-state index contributed by atoms with van der Waals surface area (Å²) in [4.78, 5) is 0. The van der Waals surface area contributed by atoms with Crippen molar-refractivity contribution in [1.29, 1.82) is 0 Å². The lowest BCUT2D eigenvalue weighted by Gasteiger charge is -2.17. The van der Waals surface area contributed by atoms with E-state index in [1.54, 1.807) is 7.11 Å². The SMILES string of the molecule is COCc1cccc(Br)c1C(C)CCN. The highest BCUT2D eigenvalue weighted by Gasteiger charge is 2.13. The molecule has 1 rings (SSSR count). The van der Waals surface area contributed by atoms with Crippen molar-refractivity contribution in [2.45, 2.75) is 25.9 Å². The molecule has 0 bridgehead atoms. The average molecular weight is 272 g/mol. The summed E-state index contributed by atoms with van der Waals surface area (Å²) in [6.07, 6.45) is 0.999. The van der Waals surface area contributed by atoms with Crippen LogP contribution in [-0.2, 0) is 11.3 Å². The molecule has 2 N–H and O–H groups in total. The van der Waals surface area contributed by atoms with Crippen LogP contribution in [0.5, 0.6) is 0 Å². The van der Waals surface area contributed by atoms with Crippen LogP contribution in [0.25, 0.3) is 0 Å². The van der Waals surface area contributed by atoms with Crippen molar-refractivity contribution in [3.63, 3.8) is 0 Å². The topological polar surface area (TPSA) is 35.2 Å². The second-order valence-corrected chi connectivity index (χ2v) is 4.58. The summed E-state index contributed by atoms with van der Waals surface area (Å²) < 4.78 is 6.35. The zero-order valence-electron chi connectivity index (χ0n) is 9.29. The summed E-state index contributed by atoms with van der Waals surface area (Å²) >= 11 is 3.59. The van der Waals surface area contributed by atoms with Crippen molar-refractivity contribution in [3.8, 4) is 0 Å². The van der Waals surface area contributed by atoms with Gasteiger partial charge in [-0.25, -0.2) is 0 Å². The lowest BCUT2D eigenvalue weighted by atomic mass is 9.93. The van der Waals surface area contributed by atoms with E-state index in [1.807, 2.05) is 6.07 Å². The molecule has 0 radical (unpaired) electrons. The lowest BCUT2D eigenvalue weighted by molar-refractivity contribution is 0.183. The van der Waals surface area contributed by atoms with Crippen LogP contribution in [0.3, 0.4) is 0 Å². The van der Waals surface area contributed by atoms with Gasteiger partial charge in [0.05, 0.1) is 6.61 Å². The fourth-order valence-electron chi connectivity index (χ4n) is 1.81. The molecule has 84 valence electrons. The molecule has 0 spiro atoms. The maximum absolute atomic E-state index is 5.59. The van der Waals surface area contributed by atoms with Gasteiger partial charge < -0.3 is 10.5 Å². The molecule has 0 saturated carbocycles. The summed E-state index contributed by atoms with van der Waals surface area (Å²) in [6, 6.07) is 6.22. The van der Waals surface area contributed by atoms with Gasteiger partial charge in [-0.1, -0.05) is 35.0 Å². The van der Waals surface area contributed by atoms with E-state index in [1.165, 1.54) is 11.1 Å². The monoisotopic (exact) mass is 271 g/mol. The predicted octanol–water partition coefficient (Wildman–Crippen LogP) is 3.05. The first-order valence-corrected chi connectivity index (χ1v) is 5.96. The molecule has 0 aromatic heterocycles. The van der Waals surface area contributed by atoms with Crippen LogP contribution in [0.4, 0.5) is 0 Å². The Kier molecular flexibility index (Phi) is 5.29. The Hall–Kier alpha value is -0.380. The molecule has 0 aliphatic carbocycles. The van der Waals surface area contributed by atoms with Gasteiger partial charge in [-0.3, -0.25) is 0 Å². The van der Waals surface area contributed by atoms with Gasteiger partial charge in [-0.2, -0.15) is 0 Å². The Bertz CT molecular complexity index is 314. The molecule has 0 aliphatic heterocycles. The van der Waals surface area contributed by atoms with E-state index in [4.69, 9.17) is 10.5 Å². The van der Waals surface area contributed by atoms with Gasteiger partial charge in [0.25, 0.3) is 0 Å². The normalized spacial score (nSPS) is 12.8. The lowest BCUT2D eigenvalue weighted by Crippen LogP contribution is -2.08. The zero-order valence-corrected chi connectivity index (χ0v) is 10.9. The first-order valence-electron chi connectivity index (χ1n) is 5.17. The average Bonchev–Trinajstić information content (AvgIpc) is 2.18. The molecule has 0 amide bonds. The second kappa shape index (κ2) is 6.26. The summed E-state index contributed by atoms with van der Waals surface area (Å²) in [6.45, 7) is 3.57. The highest BCUT2D eigenvalue weighted by atomic mass is 79.9. The molecule has 1 unspecified atom stereocenters. The smallest absolute Gasteiger partial charge is 0.0716 e. The van der Waals surface area contributed by atoms with Gasteiger partial charge in [0.15, 0.2) is 0 Å². The first kappa shape index (κ1) is 12.7. The van der Waals surface area contributed by atoms with Gasteiger partial charge >= 0.3 is 0 Å². The Morgan fingerprint density at radius 2 is 2.20 bits per heavy atom. The van der Waals surface area contributed by atoms with Gasteiger partial charge in [-0.15, -0.1) is 0 Å². The Morgan fingerprint density at radius 1 is 1.47 bits per heavy atom. The summed E-state index contributed by atoms with van der Waals surface area (Å²) in [5, 5.41) is 0. The third-order valence-electron chi connectivity index (χ3n) is 2.54. The Morgan fingerprint density at radius 3 is 2.80 bits per heavy atom. The number of hydrogen-bond donors (Lipinski definition) is 1. The van der Waals surface area contributed by atoms with Crippen molar-refractivity contribution in [3.05, 3.63) is 33.8 Å². The van der Waals surface area contributed by atoms with Gasteiger partial charge in [0.2, 0.25) is 0 Å². The molecule has 3 heteroatoms. The Balaban J connectivity index is 3.00. The number of hydrogen-bond acceptors (Lipinski definition) is 2. The fourth-order valence-corrected chi connectivity index (χ4v) is 2.61. The van der Waals surface area contributed by atoms with Crippen LogP contribution in [-0.4, -0.2) is 13.7 Å². The van der Waals surface area contributed by atoms with Crippen LogP contribution in [0.2, 0.25) is 0 Å². The molecule has 1 aromatic rings. The second-order valence-electron chi connectivity index (χ2n) is 3.72. The van der Waals surface area contributed by atoms with E-state index in [0.717, 1.165) is 17.4 Å². The van der Waals surface area contributed by atoms with Crippen LogP contribution < -0.4 is 5.73 Å². The minimum Gasteiger partial charge on any atom is -0.380 e. The number of benzene rings is 1. The number of nitrogens with two attached hydrogens (primary N) is 1. The van der Waals surface area contributed by atoms with E-state index >= 15 is 0 Å². The van der Waals surface area contributed by atoms with Crippen LogP contribution in [0, 0.1) is 0 Å². The van der Waals surface area contributed by atoms with E-state index in [2.05, 4.69) is 35.0 Å². The minimum atomic E-state index is 0.468. The van der Waals surface area contributed by atoms with Crippen LogP contribution in [0.15, 0.2) is 22.7 Å². The van der Waals surface area contributed by atoms with Crippen molar-refractivity contribution in [2.24, 2.45) is 5.73 Å². The van der Waals surface area contributed by atoms with Crippen molar-refractivity contribution >= 4 is 15.9 Å². The molecule has 0 heterocycles. The predicted molar refractivity (Wildman–Crippen MR) is 66.9 cm³/mol. The first-order chi connectivity index (χ1) is 7.20. The number of halogens is 1. The fraction of sp³-hybridized carbons (Fsp3) is 0.500. The largest absolute Gasteiger partial charge is 0.380 e. The Labute approximate surface area is 99.9 Å². The minimum absolute atomic E-state index is 0.468. The summed E-state index contributed by atoms with van der Waals surface area (Å²) in [5.41, 5.74) is 8.16. The van der Waals surface area contributed by atoms with Gasteiger partial charge in [0.1, 0.15) is 0 Å². The quantitative estimate of drug-likeness (QED) is 0.894. The van der Waals surface area contributed by atoms with E-state index in [0.29, 0.717) is 12.5 Å². The maximum Gasteiger partial charge on any atom is 0.0716 e. The number of rotatable bonds is 5. The molecule has 1 aromatic carbocycles. The molecule has 2 nitrogen and oxygen atoms in total. The maximum atomic E-state index is 5.59. The number of methoxy groups -OCH3 is 1. The third kappa shape index (κ3) is 3.30.